The molecule has 0 unspecified atom stereocenters. The van der Waals surface area contributed by atoms with Crippen molar-refractivity contribution in [3.63, 3.8) is 0 Å². The molecule has 274 valence electrons. The molecule has 2 fully saturated rings. The van der Waals surface area contributed by atoms with Gasteiger partial charge in [-0.3, -0.25) is 29.0 Å². The first-order valence-electron chi connectivity index (χ1n) is 17.9. The molecule has 4 heterocycles. The van der Waals surface area contributed by atoms with Crippen molar-refractivity contribution >= 4 is 29.5 Å². The number of aromatic amines is 1. The number of nitrogens with zero attached hydrogens (tertiary/aromatic N) is 4. The molecule has 1 aliphatic carbocycles. The molecule has 1 saturated carbocycles. The standard InChI is InChI=1S/C39H42N8O6/c48-35-22-46(19-26-9-10-26)39(52)33(17-29-18-41-24-42-29)44-36(49)23-53-30-8-4-7-28(16-30)31-20-47(38(51)27-11-13-40-14-12-27)21-34(31)45-37(50)32(43-35)15-25-5-2-1-3-6-25/h1-8,11-14,16,18,24,26,31-34H,9-10,15,17,19-23H2,(H,41,42)(H,43,48)(H,44,49)(H,45,50)/t31-,32+,33+,34+/m1/s1. The molecule has 0 spiro atoms. The van der Waals surface area contributed by atoms with Crippen molar-refractivity contribution in [2.75, 3.05) is 32.8 Å². The average molecular weight is 719 g/mol. The number of aromatic nitrogens is 3. The number of pyridine rings is 1. The molecule has 2 aromatic heterocycles. The van der Waals surface area contributed by atoms with E-state index in [0.29, 0.717) is 30.1 Å². The molecule has 7 rings (SSSR count). The lowest BCUT2D eigenvalue weighted by Crippen LogP contribution is -2.56. The van der Waals surface area contributed by atoms with Crippen LogP contribution in [0.15, 0.2) is 91.6 Å². The first-order valence-corrected chi connectivity index (χ1v) is 17.9. The highest BCUT2D eigenvalue weighted by atomic mass is 16.5. The maximum absolute atomic E-state index is 14.3. The van der Waals surface area contributed by atoms with Gasteiger partial charge in [-0.2, -0.15) is 0 Å². The van der Waals surface area contributed by atoms with Gasteiger partial charge in [-0.15, -0.1) is 0 Å². The van der Waals surface area contributed by atoms with Crippen molar-refractivity contribution in [3.8, 4) is 5.75 Å². The Morgan fingerprint density at radius 1 is 0.830 bits per heavy atom. The summed E-state index contributed by atoms with van der Waals surface area (Å²) in [5, 5.41) is 8.92. The Morgan fingerprint density at radius 2 is 1.62 bits per heavy atom. The predicted octanol–water partition coefficient (Wildman–Crippen LogP) is 1.62. The normalized spacial score (nSPS) is 22.8. The monoisotopic (exact) mass is 718 g/mol. The van der Waals surface area contributed by atoms with Gasteiger partial charge in [0.25, 0.3) is 11.8 Å². The van der Waals surface area contributed by atoms with Gasteiger partial charge in [0, 0.05) is 68.2 Å². The van der Waals surface area contributed by atoms with Crippen LogP contribution in [0, 0.1) is 5.92 Å². The van der Waals surface area contributed by atoms with Crippen LogP contribution in [0.25, 0.3) is 0 Å². The number of hydrogen-bond acceptors (Lipinski definition) is 8. The molecule has 4 aromatic rings. The van der Waals surface area contributed by atoms with Gasteiger partial charge in [0.15, 0.2) is 6.61 Å². The third-order valence-corrected chi connectivity index (χ3v) is 9.89. The number of rotatable bonds is 7. The Hall–Kier alpha value is -6.05. The van der Waals surface area contributed by atoms with Crippen molar-refractivity contribution in [1.82, 2.24) is 40.7 Å². The molecule has 5 amide bonds. The average Bonchev–Trinajstić information content (AvgIpc) is 3.65. The van der Waals surface area contributed by atoms with E-state index in [1.807, 2.05) is 36.4 Å². The quantitative estimate of drug-likeness (QED) is 0.223. The van der Waals surface area contributed by atoms with Crippen molar-refractivity contribution in [2.24, 2.45) is 5.92 Å². The van der Waals surface area contributed by atoms with E-state index in [4.69, 9.17) is 4.74 Å². The zero-order valence-electron chi connectivity index (χ0n) is 29.1. The van der Waals surface area contributed by atoms with E-state index in [-0.39, 0.29) is 50.3 Å². The number of nitrogens with one attached hydrogen (secondary N) is 4. The SMILES string of the molecule is O=C1CN(CC2CC2)C(=O)[C@H](Cc2cnc[nH]2)NC(=O)COc2cccc(c2)[C@H]2CN(C(=O)c3ccncc3)C[C@@H]2NC(=O)[C@H](Cc2ccccc2)N1. The summed E-state index contributed by atoms with van der Waals surface area (Å²) in [5.74, 6) is -1.71. The number of ether oxygens (including phenoxy) is 1. The molecule has 4 atom stereocenters. The molecule has 14 heteroatoms. The number of carbonyl (C=O) groups is 5. The Kier molecular flexibility index (Phi) is 10.7. The molecule has 2 bridgehead atoms. The van der Waals surface area contributed by atoms with Crippen LogP contribution in [0.1, 0.15) is 45.9 Å². The lowest BCUT2D eigenvalue weighted by Gasteiger charge is -2.29. The molecule has 14 nitrogen and oxygen atoms in total. The molecular formula is C39H42N8O6. The number of likely N-dealkylation sites (tertiary alicyclic amines) is 1. The van der Waals surface area contributed by atoms with Gasteiger partial charge in [-0.1, -0.05) is 42.5 Å². The van der Waals surface area contributed by atoms with Crippen LogP contribution < -0.4 is 20.7 Å². The van der Waals surface area contributed by atoms with Gasteiger partial charge in [0.2, 0.25) is 17.7 Å². The van der Waals surface area contributed by atoms with Crippen LogP contribution in [0.2, 0.25) is 0 Å². The van der Waals surface area contributed by atoms with Crippen LogP contribution in [0.3, 0.4) is 0 Å². The second-order valence-corrected chi connectivity index (χ2v) is 13.9. The molecule has 53 heavy (non-hydrogen) atoms. The van der Waals surface area contributed by atoms with E-state index in [1.54, 1.807) is 53.8 Å². The van der Waals surface area contributed by atoms with Gasteiger partial charge in [-0.05, 0) is 54.2 Å². The van der Waals surface area contributed by atoms with Gasteiger partial charge in [0.1, 0.15) is 17.8 Å². The maximum atomic E-state index is 14.3. The summed E-state index contributed by atoms with van der Waals surface area (Å²) < 4.78 is 5.94. The molecule has 4 N–H and O–H groups in total. The van der Waals surface area contributed by atoms with Gasteiger partial charge >= 0.3 is 0 Å². The summed E-state index contributed by atoms with van der Waals surface area (Å²) in [6.45, 7) is 0.200. The van der Waals surface area contributed by atoms with Crippen molar-refractivity contribution in [3.05, 3.63) is 114 Å². The number of fused-ring (bicyclic) bond motifs is 4. The second-order valence-electron chi connectivity index (χ2n) is 13.9. The highest BCUT2D eigenvalue weighted by Crippen LogP contribution is 2.32. The smallest absolute Gasteiger partial charge is 0.258 e. The maximum Gasteiger partial charge on any atom is 0.258 e. The van der Waals surface area contributed by atoms with Gasteiger partial charge in [-0.25, -0.2) is 4.98 Å². The number of carbonyl (C=O) groups excluding carboxylic acids is 5. The van der Waals surface area contributed by atoms with Crippen LogP contribution in [-0.4, -0.2) is 105 Å². The van der Waals surface area contributed by atoms with Gasteiger partial charge in [0.05, 0.1) is 18.9 Å². The Balaban J connectivity index is 1.22. The minimum absolute atomic E-state index is 0.125. The summed E-state index contributed by atoms with van der Waals surface area (Å²) in [7, 11) is 0. The van der Waals surface area contributed by atoms with Crippen LogP contribution in [0.5, 0.6) is 5.75 Å². The summed E-state index contributed by atoms with van der Waals surface area (Å²) in [6, 6.07) is 17.4. The molecule has 2 aliphatic heterocycles. The first-order chi connectivity index (χ1) is 25.8. The zero-order valence-corrected chi connectivity index (χ0v) is 29.1. The van der Waals surface area contributed by atoms with Crippen LogP contribution in [0.4, 0.5) is 0 Å². The highest BCUT2D eigenvalue weighted by molar-refractivity contribution is 5.95. The largest absolute Gasteiger partial charge is 0.484 e. The minimum Gasteiger partial charge on any atom is -0.484 e. The Morgan fingerprint density at radius 3 is 2.38 bits per heavy atom. The molecular weight excluding hydrogens is 676 g/mol. The Labute approximate surface area is 306 Å². The van der Waals surface area contributed by atoms with E-state index in [2.05, 4.69) is 30.9 Å². The molecule has 3 aliphatic rings. The topological polar surface area (TPSA) is 179 Å². The lowest BCUT2D eigenvalue weighted by molar-refractivity contribution is -0.140. The van der Waals surface area contributed by atoms with E-state index < -0.39 is 41.8 Å². The van der Waals surface area contributed by atoms with E-state index >= 15 is 0 Å². The Bertz CT molecular complexity index is 1920. The van der Waals surface area contributed by atoms with E-state index in [0.717, 1.165) is 24.0 Å². The fraction of sp³-hybridized carbons (Fsp3) is 0.359. The number of benzene rings is 2. The number of H-pyrrole nitrogens is 1. The van der Waals surface area contributed by atoms with Crippen LogP contribution >= 0.6 is 0 Å². The number of imidazole rings is 1. The molecule has 2 aromatic carbocycles. The predicted molar refractivity (Wildman–Crippen MR) is 192 cm³/mol. The minimum atomic E-state index is -1.00. The zero-order chi connectivity index (χ0) is 36.7. The van der Waals surface area contributed by atoms with E-state index in [1.165, 1.54) is 11.2 Å². The van der Waals surface area contributed by atoms with Crippen molar-refractivity contribution in [2.45, 2.75) is 49.7 Å². The number of amides is 5. The molecule has 1 saturated heterocycles. The lowest BCUT2D eigenvalue weighted by atomic mass is 9.93. The fourth-order valence-electron chi connectivity index (χ4n) is 6.99. The summed E-state index contributed by atoms with van der Waals surface area (Å²) in [5.41, 5.74) is 2.75. The fourth-order valence-corrected chi connectivity index (χ4v) is 6.99. The third kappa shape index (κ3) is 9.07. The summed E-state index contributed by atoms with van der Waals surface area (Å²) in [6.07, 6.45) is 8.38. The second kappa shape index (κ2) is 16.1. The summed E-state index contributed by atoms with van der Waals surface area (Å²) in [4.78, 5) is 83.5. The van der Waals surface area contributed by atoms with Crippen molar-refractivity contribution < 1.29 is 28.7 Å². The summed E-state index contributed by atoms with van der Waals surface area (Å²) >= 11 is 0. The highest BCUT2D eigenvalue weighted by Gasteiger charge is 2.39. The van der Waals surface area contributed by atoms with Crippen molar-refractivity contribution in [1.29, 1.82) is 0 Å². The molecule has 0 radical (unpaired) electrons. The third-order valence-electron chi connectivity index (χ3n) is 9.89. The van der Waals surface area contributed by atoms with Crippen LogP contribution in [-0.2, 0) is 32.0 Å². The van der Waals surface area contributed by atoms with E-state index in [9.17, 15) is 24.0 Å². The first kappa shape index (κ1) is 35.4. The van der Waals surface area contributed by atoms with Gasteiger partial charge < -0.3 is 35.5 Å². The number of hydrogen-bond donors (Lipinski definition) is 4.